The summed E-state index contributed by atoms with van der Waals surface area (Å²) >= 11 is 0. The third kappa shape index (κ3) is 3.69. The van der Waals surface area contributed by atoms with Crippen molar-refractivity contribution in [1.29, 1.82) is 0 Å². The first-order chi connectivity index (χ1) is 11.3. The van der Waals surface area contributed by atoms with Gasteiger partial charge >= 0.3 is 12.0 Å². The van der Waals surface area contributed by atoms with Gasteiger partial charge in [0.05, 0.1) is 17.0 Å². The quantitative estimate of drug-likeness (QED) is 0.661. The number of nitrogens with zero attached hydrogens (tertiary/aromatic N) is 3. The zero-order chi connectivity index (χ0) is 17.9. The molecular formula is C15H12F2N4O3. The molecule has 0 atom stereocenters. The summed E-state index contributed by atoms with van der Waals surface area (Å²) in [5, 5.41) is 13.6. The van der Waals surface area contributed by atoms with Crippen LogP contribution in [-0.4, -0.2) is 27.8 Å². The Morgan fingerprint density at radius 2 is 1.88 bits per heavy atom. The van der Waals surface area contributed by atoms with Gasteiger partial charge in [-0.2, -0.15) is 10.1 Å². The number of rotatable bonds is 4. The summed E-state index contributed by atoms with van der Waals surface area (Å²) in [5.74, 6) is -3.09. The first-order valence-corrected chi connectivity index (χ1v) is 6.59. The number of nitrogens with two attached hydrogens (primary N) is 1. The zero-order valence-electron chi connectivity index (χ0n) is 12.4. The highest BCUT2D eigenvalue weighted by Crippen LogP contribution is 2.19. The average molecular weight is 334 g/mol. The van der Waals surface area contributed by atoms with Crippen LogP contribution in [0.25, 0.3) is 0 Å². The van der Waals surface area contributed by atoms with Gasteiger partial charge in [0.25, 0.3) is 0 Å². The van der Waals surface area contributed by atoms with Gasteiger partial charge in [0.1, 0.15) is 17.3 Å². The van der Waals surface area contributed by atoms with Crippen LogP contribution in [0.4, 0.5) is 19.3 Å². The summed E-state index contributed by atoms with van der Waals surface area (Å²) in [5.41, 5.74) is 4.82. The summed E-state index contributed by atoms with van der Waals surface area (Å²) in [6.45, 7) is 1.39. The number of primary amides is 1. The van der Waals surface area contributed by atoms with Crippen LogP contribution in [0.15, 0.2) is 41.6 Å². The molecule has 7 nitrogen and oxygen atoms in total. The van der Waals surface area contributed by atoms with Crippen molar-refractivity contribution in [3.63, 3.8) is 0 Å². The van der Waals surface area contributed by atoms with Crippen LogP contribution in [0.3, 0.4) is 0 Å². The molecule has 2 aromatic rings. The van der Waals surface area contributed by atoms with Crippen molar-refractivity contribution in [3.8, 4) is 0 Å². The molecule has 24 heavy (non-hydrogen) atoms. The monoisotopic (exact) mass is 334 g/mol. The van der Waals surface area contributed by atoms with Crippen molar-refractivity contribution in [3.05, 3.63) is 59.4 Å². The number of halogens is 2. The van der Waals surface area contributed by atoms with Crippen molar-refractivity contribution in [1.82, 2.24) is 4.98 Å². The van der Waals surface area contributed by atoms with E-state index in [1.54, 1.807) is 0 Å². The van der Waals surface area contributed by atoms with E-state index in [4.69, 9.17) is 10.8 Å². The van der Waals surface area contributed by atoms with E-state index < -0.39 is 23.6 Å². The maximum atomic E-state index is 13.3. The Balaban J connectivity index is 2.52. The molecule has 0 bridgehead atoms. The third-order valence-corrected chi connectivity index (χ3v) is 2.93. The van der Waals surface area contributed by atoms with Gasteiger partial charge in [0.2, 0.25) is 0 Å². The number of hydrogen-bond acceptors (Lipinski definition) is 4. The van der Waals surface area contributed by atoms with Crippen LogP contribution < -0.4 is 10.7 Å². The molecule has 2 rings (SSSR count). The Hall–Kier alpha value is -3.36. The Kier molecular flexibility index (Phi) is 4.83. The number of carbonyl (C=O) groups excluding carboxylic acids is 1. The van der Waals surface area contributed by atoms with Crippen molar-refractivity contribution >= 4 is 23.4 Å². The van der Waals surface area contributed by atoms with Crippen molar-refractivity contribution < 1.29 is 23.5 Å². The molecule has 0 saturated heterocycles. The van der Waals surface area contributed by atoms with E-state index in [0.29, 0.717) is 11.1 Å². The van der Waals surface area contributed by atoms with E-state index in [2.05, 4.69) is 10.1 Å². The minimum absolute atomic E-state index is 0.00637. The molecule has 0 aliphatic carbocycles. The van der Waals surface area contributed by atoms with Gasteiger partial charge in [0.15, 0.2) is 0 Å². The molecular weight excluding hydrogens is 322 g/mol. The Morgan fingerprint density at radius 3 is 2.42 bits per heavy atom. The number of amides is 2. The predicted octanol–water partition coefficient (Wildman–Crippen LogP) is 2.37. The lowest BCUT2D eigenvalue weighted by Gasteiger charge is -2.16. The normalized spacial score (nSPS) is 11.2. The highest BCUT2D eigenvalue weighted by molar-refractivity contribution is 6.07. The maximum Gasteiger partial charge on any atom is 0.340 e. The highest BCUT2D eigenvalue weighted by atomic mass is 19.1. The third-order valence-electron chi connectivity index (χ3n) is 2.93. The minimum Gasteiger partial charge on any atom is -0.478 e. The summed E-state index contributed by atoms with van der Waals surface area (Å²) < 4.78 is 26.6. The lowest BCUT2D eigenvalue weighted by molar-refractivity contribution is 0.0696. The van der Waals surface area contributed by atoms with Crippen molar-refractivity contribution in [2.45, 2.75) is 6.92 Å². The first-order valence-electron chi connectivity index (χ1n) is 6.59. The molecule has 2 amide bonds. The molecule has 0 unspecified atom stereocenters. The summed E-state index contributed by atoms with van der Waals surface area (Å²) in [6.07, 6.45) is 1.34. The van der Waals surface area contributed by atoms with Gasteiger partial charge in [-0.3, -0.25) is 4.98 Å². The second-order valence-corrected chi connectivity index (χ2v) is 4.67. The van der Waals surface area contributed by atoms with E-state index in [0.717, 1.165) is 12.1 Å². The molecule has 0 radical (unpaired) electrons. The average Bonchev–Trinajstić information content (AvgIpc) is 2.51. The SMILES string of the molecule is CC(=NN(C(N)=O)c1cc(F)cc(F)c1)c1ncccc1C(=O)O. The van der Waals surface area contributed by atoms with E-state index in [1.165, 1.54) is 25.3 Å². The van der Waals surface area contributed by atoms with Crippen LogP contribution in [0, 0.1) is 11.6 Å². The van der Waals surface area contributed by atoms with Crippen LogP contribution in [0.2, 0.25) is 0 Å². The molecule has 0 aliphatic rings. The second-order valence-electron chi connectivity index (χ2n) is 4.67. The topological polar surface area (TPSA) is 109 Å². The smallest absolute Gasteiger partial charge is 0.340 e. The number of carbonyl (C=O) groups is 2. The number of aromatic carboxylic acids is 1. The number of urea groups is 1. The number of carboxylic acids is 1. The van der Waals surface area contributed by atoms with Gasteiger partial charge in [-0.1, -0.05) is 0 Å². The van der Waals surface area contributed by atoms with Crippen LogP contribution in [0.5, 0.6) is 0 Å². The zero-order valence-corrected chi connectivity index (χ0v) is 12.4. The number of anilines is 1. The van der Waals surface area contributed by atoms with Crippen molar-refractivity contribution in [2.24, 2.45) is 10.8 Å². The number of pyridine rings is 1. The van der Waals surface area contributed by atoms with E-state index in [9.17, 15) is 18.4 Å². The van der Waals surface area contributed by atoms with Gasteiger partial charge in [-0.25, -0.2) is 18.4 Å². The Morgan fingerprint density at radius 1 is 1.25 bits per heavy atom. The molecule has 0 spiro atoms. The van der Waals surface area contributed by atoms with Gasteiger partial charge in [-0.05, 0) is 31.2 Å². The molecule has 0 fully saturated rings. The van der Waals surface area contributed by atoms with E-state index in [-0.39, 0.29) is 22.7 Å². The lowest BCUT2D eigenvalue weighted by Crippen LogP contribution is -2.32. The van der Waals surface area contributed by atoms with E-state index in [1.807, 2.05) is 0 Å². The van der Waals surface area contributed by atoms with Crippen LogP contribution in [0.1, 0.15) is 23.0 Å². The number of aromatic nitrogens is 1. The molecule has 1 aromatic carbocycles. The van der Waals surface area contributed by atoms with Crippen LogP contribution >= 0.6 is 0 Å². The first kappa shape index (κ1) is 17.0. The number of hydrogen-bond donors (Lipinski definition) is 2. The van der Waals surface area contributed by atoms with Crippen LogP contribution in [-0.2, 0) is 0 Å². The summed E-state index contributed by atoms with van der Waals surface area (Å²) in [4.78, 5) is 26.7. The number of carboxylic acid groups (broad SMARTS) is 1. The fourth-order valence-corrected chi connectivity index (χ4v) is 1.96. The minimum atomic E-state index is -1.24. The predicted molar refractivity (Wildman–Crippen MR) is 81.8 cm³/mol. The fraction of sp³-hybridized carbons (Fsp3) is 0.0667. The summed E-state index contributed by atoms with van der Waals surface area (Å²) in [7, 11) is 0. The number of hydrazone groups is 1. The molecule has 0 aliphatic heterocycles. The number of benzene rings is 1. The molecule has 124 valence electrons. The van der Waals surface area contributed by atoms with Crippen molar-refractivity contribution in [2.75, 3.05) is 5.01 Å². The maximum absolute atomic E-state index is 13.3. The molecule has 3 N–H and O–H groups in total. The fourth-order valence-electron chi connectivity index (χ4n) is 1.96. The van der Waals surface area contributed by atoms with Gasteiger partial charge in [0, 0.05) is 12.3 Å². The largest absolute Gasteiger partial charge is 0.478 e. The summed E-state index contributed by atoms with van der Waals surface area (Å²) in [6, 6.07) is 3.98. The Bertz CT molecular complexity index is 819. The Labute approximate surface area is 135 Å². The highest BCUT2D eigenvalue weighted by Gasteiger charge is 2.18. The molecule has 0 saturated carbocycles. The second kappa shape index (κ2) is 6.82. The molecule has 1 heterocycles. The van der Waals surface area contributed by atoms with Gasteiger partial charge in [-0.15, -0.1) is 0 Å². The standard InChI is InChI=1S/C15H12F2N4O3/c1-8(13-12(14(22)23)3-2-4-19-13)20-21(15(18)24)11-6-9(16)5-10(17)7-11/h2-7H,1H3,(H2,18,24)(H,22,23). The van der Waals surface area contributed by atoms with E-state index >= 15 is 0 Å². The molecule has 1 aromatic heterocycles. The van der Waals surface area contributed by atoms with Gasteiger partial charge < -0.3 is 10.8 Å². The molecule has 9 heteroatoms. The lowest BCUT2D eigenvalue weighted by atomic mass is 10.1.